The second-order valence-corrected chi connectivity index (χ2v) is 5.92. The van der Waals surface area contributed by atoms with Crippen LogP contribution < -0.4 is 5.32 Å². The number of carbonyl (C=O) groups is 1. The van der Waals surface area contributed by atoms with Gasteiger partial charge in [0.1, 0.15) is 0 Å². The number of nitrogens with zero attached hydrogens (tertiary/aromatic N) is 1. The van der Waals surface area contributed by atoms with E-state index in [0.29, 0.717) is 28.2 Å². The molecule has 5 heteroatoms. The number of hydrogen-bond acceptors (Lipinski definition) is 2. The highest BCUT2D eigenvalue weighted by Crippen LogP contribution is 2.24. The first-order chi connectivity index (χ1) is 9.61. The molecule has 0 aliphatic carbocycles. The van der Waals surface area contributed by atoms with E-state index in [9.17, 15) is 4.79 Å². The summed E-state index contributed by atoms with van der Waals surface area (Å²) in [7, 11) is 0. The van der Waals surface area contributed by atoms with Gasteiger partial charge in [-0.2, -0.15) is 0 Å². The molecule has 3 nitrogen and oxygen atoms in total. The van der Waals surface area contributed by atoms with Crippen LogP contribution in [0, 0.1) is 0 Å². The van der Waals surface area contributed by atoms with Crippen LogP contribution in [-0.2, 0) is 11.2 Å². The van der Waals surface area contributed by atoms with E-state index in [2.05, 4.69) is 17.1 Å². The standard InChI is InChI=1S/C15H20Cl2N2O/c1-2-19-8-4-5-11(19)10-18-15(20)9-12-13(16)6-3-7-14(12)17/h3,6-7,11H,2,4-5,8-10H2,1H3,(H,18,20). The van der Waals surface area contributed by atoms with Gasteiger partial charge in [0.2, 0.25) is 5.91 Å². The molecule has 0 bridgehead atoms. The normalized spacial score (nSPS) is 19.2. The summed E-state index contributed by atoms with van der Waals surface area (Å²) in [6, 6.07) is 5.76. The SMILES string of the molecule is CCN1CCCC1CNC(=O)Cc1c(Cl)cccc1Cl. The Bertz CT molecular complexity index is 459. The number of hydrogen-bond donors (Lipinski definition) is 1. The van der Waals surface area contributed by atoms with Gasteiger partial charge >= 0.3 is 0 Å². The summed E-state index contributed by atoms with van der Waals surface area (Å²) in [4.78, 5) is 14.4. The molecule has 1 saturated heterocycles. The zero-order chi connectivity index (χ0) is 14.5. The predicted molar refractivity (Wildman–Crippen MR) is 83.4 cm³/mol. The van der Waals surface area contributed by atoms with Crippen LogP contribution in [0.1, 0.15) is 25.3 Å². The summed E-state index contributed by atoms with van der Waals surface area (Å²) in [5, 5.41) is 4.08. The Morgan fingerprint density at radius 2 is 2.10 bits per heavy atom. The highest BCUT2D eigenvalue weighted by Gasteiger charge is 2.23. The molecule has 1 N–H and O–H groups in total. The molecule has 1 unspecified atom stereocenters. The lowest BCUT2D eigenvalue weighted by atomic mass is 10.1. The first kappa shape index (κ1) is 15.6. The Hall–Kier alpha value is -0.770. The Morgan fingerprint density at radius 3 is 2.75 bits per heavy atom. The smallest absolute Gasteiger partial charge is 0.224 e. The van der Waals surface area contributed by atoms with Gasteiger partial charge in [0.25, 0.3) is 0 Å². The van der Waals surface area contributed by atoms with Gasteiger partial charge in [-0.15, -0.1) is 0 Å². The van der Waals surface area contributed by atoms with E-state index in [0.717, 1.165) is 19.5 Å². The number of carbonyl (C=O) groups excluding carboxylic acids is 1. The topological polar surface area (TPSA) is 32.3 Å². The van der Waals surface area contributed by atoms with Crippen molar-refractivity contribution in [2.24, 2.45) is 0 Å². The summed E-state index contributed by atoms with van der Waals surface area (Å²) < 4.78 is 0. The highest BCUT2D eigenvalue weighted by atomic mass is 35.5. The van der Waals surface area contributed by atoms with E-state index in [-0.39, 0.29) is 12.3 Å². The fourth-order valence-electron chi connectivity index (χ4n) is 2.70. The van der Waals surface area contributed by atoms with Gasteiger partial charge in [-0.1, -0.05) is 36.2 Å². The van der Waals surface area contributed by atoms with E-state index in [1.165, 1.54) is 6.42 Å². The van der Waals surface area contributed by atoms with E-state index in [4.69, 9.17) is 23.2 Å². The van der Waals surface area contributed by atoms with Crippen LogP contribution in [0.25, 0.3) is 0 Å². The minimum atomic E-state index is -0.0250. The monoisotopic (exact) mass is 314 g/mol. The number of halogens is 2. The van der Waals surface area contributed by atoms with E-state index < -0.39 is 0 Å². The molecule has 1 aromatic rings. The summed E-state index contributed by atoms with van der Waals surface area (Å²) in [6.45, 7) is 5.03. The van der Waals surface area contributed by atoms with Gasteiger partial charge in [-0.3, -0.25) is 9.69 Å². The second kappa shape index (κ2) is 7.30. The van der Waals surface area contributed by atoms with Gasteiger partial charge in [-0.05, 0) is 43.6 Å². The van der Waals surface area contributed by atoms with Crippen molar-refractivity contribution in [1.82, 2.24) is 10.2 Å². The molecule has 1 amide bonds. The lowest BCUT2D eigenvalue weighted by molar-refractivity contribution is -0.120. The van der Waals surface area contributed by atoms with Gasteiger partial charge in [-0.25, -0.2) is 0 Å². The average molecular weight is 315 g/mol. The number of amides is 1. The van der Waals surface area contributed by atoms with Gasteiger partial charge < -0.3 is 5.32 Å². The van der Waals surface area contributed by atoms with Crippen LogP contribution in [-0.4, -0.2) is 36.5 Å². The van der Waals surface area contributed by atoms with Gasteiger partial charge in [0.05, 0.1) is 6.42 Å². The fraction of sp³-hybridized carbons (Fsp3) is 0.533. The second-order valence-electron chi connectivity index (χ2n) is 5.11. The molecule has 1 atom stereocenters. The zero-order valence-corrected chi connectivity index (χ0v) is 13.2. The van der Waals surface area contributed by atoms with Crippen LogP contribution in [0.2, 0.25) is 10.0 Å². The molecule has 2 rings (SSSR count). The van der Waals surface area contributed by atoms with E-state index in [1.807, 2.05) is 0 Å². The fourth-order valence-corrected chi connectivity index (χ4v) is 3.23. The third-order valence-corrected chi connectivity index (χ3v) is 4.55. The molecule has 0 aromatic heterocycles. The van der Waals surface area contributed by atoms with Crippen molar-refractivity contribution in [3.63, 3.8) is 0 Å². The van der Waals surface area contributed by atoms with E-state index >= 15 is 0 Å². The largest absolute Gasteiger partial charge is 0.354 e. The Labute approximate surface area is 130 Å². The molecule has 1 aromatic carbocycles. The van der Waals surface area contributed by atoms with Crippen LogP contribution in [0.5, 0.6) is 0 Å². The molecule has 1 aliphatic rings. The third-order valence-electron chi connectivity index (χ3n) is 3.84. The summed E-state index contributed by atoms with van der Waals surface area (Å²) in [5.74, 6) is -0.0250. The molecule has 1 aliphatic heterocycles. The lowest BCUT2D eigenvalue weighted by Gasteiger charge is -2.22. The highest BCUT2D eigenvalue weighted by molar-refractivity contribution is 6.36. The number of benzene rings is 1. The van der Waals surface area contributed by atoms with Crippen molar-refractivity contribution in [3.8, 4) is 0 Å². The van der Waals surface area contributed by atoms with Crippen molar-refractivity contribution < 1.29 is 4.79 Å². The maximum atomic E-state index is 12.0. The molecular formula is C15H20Cl2N2O. The molecule has 110 valence electrons. The number of rotatable bonds is 5. The van der Waals surface area contributed by atoms with Crippen LogP contribution in [0.15, 0.2) is 18.2 Å². The minimum absolute atomic E-state index is 0.0250. The number of likely N-dealkylation sites (N-methyl/N-ethyl adjacent to an activating group) is 1. The van der Waals surface area contributed by atoms with Gasteiger partial charge in [0, 0.05) is 22.6 Å². The molecular weight excluding hydrogens is 295 g/mol. The van der Waals surface area contributed by atoms with E-state index in [1.54, 1.807) is 18.2 Å². The van der Waals surface area contributed by atoms with Gasteiger partial charge in [0.15, 0.2) is 0 Å². The first-order valence-corrected chi connectivity index (χ1v) is 7.81. The maximum absolute atomic E-state index is 12.0. The van der Waals surface area contributed by atoms with Crippen molar-refractivity contribution in [2.75, 3.05) is 19.6 Å². The maximum Gasteiger partial charge on any atom is 0.224 e. The molecule has 0 spiro atoms. The molecule has 20 heavy (non-hydrogen) atoms. The predicted octanol–water partition coefficient (Wildman–Crippen LogP) is 3.14. The minimum Gasteiger partial charge on any atom is -0.354 e. The first-order valence-electron chi connectivity index (χ1n) is 7.05. The molecule has 0 radical (unpaired) electrons. The third kappa shape index (κ3) is 3.87. The molecule has 0 saturated carbocycles. The van der Waals surface area contributed by atoms with Crippen molar-refractivity contribution in [2.45, 2.75) is 32.2 Å². The number of likely N-dealkylation sites (tertiary alicyclic amines) is 1. The molecule has 1 fully saturated rings. The van der Waals surface area contributed by atoms with Crippen molar-refractivity contribution in [3.05, 3.63) is 33.8 Å². The summed E-state index contributed by atoms with van der Waals surface area (Å²) >= 11 is 12.1. The van der Waals surface area contributed by atoms with Crippen LogP contribution in [0.4, 0.5) is 0 Å². The van der Waals surface area contributed by atoms with Crippen molar-refractivity contribution >= 4 is 29.1 Å². The Kier molecular flexibility index (Phi) is 5.70. The Balaban J connectivity index is 1.87. The molecule has 1 heterocycles. The quantitative estimate of drug-likeness (QED) is 0.905. The van der Waals surface area contributed by atoms with Crippen molar-refractivity contribution in [1.29, 1.82) is 0 Å². The zero-order valence-electron chi connectivity index (χ0n) is 11.7. The Morgan fingerprint density at radius 1 is 1.40 bits per heavy atom. The van der Waals surface area contributed by atoms with Crippen LogP contribution in [0.3, 0.4) is 0 Å². The number of nitrogens with one attached hydrogen (secondary N) is 1. The van der Waals surface area contributed by atoms with Crippen LogP contribution >= 0.6 is 23.2 Å². The lowest BCUT2D eigenvalue weighted by Crippen LogP contribution is -2.40. The average Bonchev–Trinajstić information content (AvgIpc) is 2.88. The summed E-state index contributed by atoms with van der Waals surface area (Å²) in [5.41, 5.74) is 0.701. The summed E-state index contributed by atoms with van der Waals surface area (Å²) in [6.07, 6.45) is 2.60.